The van der Waals surface area contributed by atoms with Crippen LogP contribution in [0.5, 0.6) is 0 Å². The molecule has 0 atom stereocenters. The van der Waals surface area contributed by atoms with Crippen LogP contribution in [-0.4, -0.2) is 63.3 Å². The van der Waals surface area contributed by atoms with Gasteiger partial charge in [0.15, 0.2) is 5.96 Å². The number of ether oxygens (including phenoxy) is 1. The number of unbranched alkanes of at least 4 members (excludes halogenated alkanes) is 1. The van der Waals surface area contributed by atoms with E-state index in [0.29, 0.717) is 6.04 Å². The van der Waals surface area contributed by atoms with E-state index in [1.807, 2.05) is 7.05 Å². The predicted octanol–water partition coefficient (Wildman–Crippen LogP) is 1.60. The van der Waals surface area contributed by atoms with E-state index in [2.05, 4.69) is 32.7 Å². The van der Waals surface area contributed by atoms with E-state index >= 15 is 0 Å². The third-order valence-electron chi connectivity index (χ3n) is 3.87. The normalized spacial score (nSPS) is 20.3. The first-order valence-electron chi connectivity index (χ1n) is 7.81. The zero-order chi connectivity index (χ0) is 14.0. The molecule has 0 bridgehead atoms. The number of halogens is 1. The Morgan fingerprint density at radius 1 is 1.24 bits per heavy atom. The van der Waals surface area contributed by atoms with Crippen LogP contribution in [0.15, 0.2) is 17.1 Å². The first kappa shape index (κ1) is 18.7. The van der Waals surface area contributed by atoms with E-state index in [1.165, 1.54) is 19.4 Å². The molecular formula is C15H29IN4O. The minimum absolute atomic E-state index is 0. The van der Waals surface area contributed by atoms with Crippen LogP contribution in [0.3, 0.4) is 0 Å². The highest BCUT2D eigenvalue weighted by molar-refractivity contribution is 14.0. The van der Waals surface area contributed by atoms with Crippen LogP contribution >= 0.6 is 24.0 Å². The molecule has 5 nitrogen and oxygen atoms in total. The van der Waals surface area contributed by atoms with Crippen LogP contribution in [0.4, 0.5) is 0 Å². The fraction of sp³-hybridized carbons (Fsp3) is 0.800. The van der Waals surface area contributed by atoms with Gasteiger partial charge in [0.05, 0.1) is 13.2 Å². The number of hydrogen-bond donors (Lipinski definition) is 2. The summed E-state index contributed by atoms with van der Waals surface area (Å²) in [4.78, 5) is 6.77. The molecule has 1 fully saturated rings. The minimum Gasteiger partial charge on any atom is -0.379 e. The standard InChI is InChI=1S/C15H28N4O.HI/c1-16-15(18-14-6-2-3-7-14)17-8-4-5-9-19-10-12-20-13-11-19;/h2-3,14H,4-13H2,1H3,(H2,16,17,18);1H. The summed E-state index contributed by atoms with van der Waals surface area (Å²) in [5, 5.41) is 6.86. The lowest BCUT2D eigenvalue weighted by molar-refractivity contribution is 0.0372. The minimum atomic E-state index is 0. The number of nitrogens with one attached hydrogen (secondary N) is 2. The smallest absolute Gasteiger partial charge is 0.191 e. The Morgan fingerprint density at radius 2 is 1.95 bits per heavy atom. The molecule has 1 aliphatic carbocycles. The van der Waals surface area contributed by atoms with E-state index in [4.69, 9.17) is 4.74 Å². The molecule has 21 heavy (non-hydrogen) atoms. The summed E-state index contributed by atoms with van der Waals surface area (Å²) in [7, 11) is 1.84. The molecule has 2 N–H and O–H groups in total. The molecule has 0 aromatic rings. The van der Waals surface area contributed by atoms with Gasteiger partial charge in [-0.3, -0.25) is 9.89 Å². The van der Waals surface area contributed by atoms with Crippen molar-refractivity contribution < 1.29 is 4.74 Å². The van der Waals surface area contributed by atoms with Crippen molar-refractivity contribution in [2.45, 2.75) is 31.7 Å². The van der Waals surface area contributed by atoms with Crippen molar-refractivity contribution in [2.75, 3.05) is 46.4 Å². The number of nitrogens with zero attached hydrogens (tertiary/aromatic N) is 2. The monoisotopic (exact) mass is 408 g/mol. The maximum absolute atomic E-state index is 5.35. The van der Waals surface area contributed by atoms with Gasteiger partial charge in [-0.25, -0.2) is 0 Å². The highest BCUT2D eigenvalue weighted by atomic mass is 127. The maximum atomic E-state index is 5.35. The van der Waals surface area contributed by atoms with Crippen LogP contribution < -0.4 is 10.6 Å². The largest absolute Gasteiger partial charge is 0.379 e. The lowest BCUT2D eigenvalue weighted by Crippen LogP contribution is -2.43. The van der Waals surface area contributed by atoms with Gasteiger partial charge in [0.25, 0.3) is 0 Å². The second-order valence-corrected chi connectivity index (χ2v) is 5.44. The van der Waals surface area contributed by atoms with E-state index in [9.17, 15) is 0 Å². The molecule has 6 heteroatoms. The van der Waals surface area contributed by atoms with Crippen molar-refractivity contribution in [3.63, 3.8) is 0 Å². The third kappa shape index (κ3) is 7.46. The van der Waals surface area contributed by atoms with Crippen LogP contribution in [-0.2, 0) is 4.74 Å². The third-order valence-corrected chi connectivity index (χ3v) is 3.87. The predicted molar refractivity (Wildman–Crippen MR) is 98.6 cm³/mol. The second kappa shape index (κ2) is 11.3. The van der Waals surface area contributed by atoms with Crippen molar-refractivity contribution in [2.24, 2.45) is 4.99 Å². The lowest BCUT2D eigenvalue weighted by atomic mass is 10.2. The summed E-state index contributed by atoms with van der Waals surface area (Å²) in [6.45, 7) is 6.14. The van der Waals surface area contributed by atoms with Crippen molar-refractivity contribution in [3.05, 3.63) is 12.2 Å². The Kier molecular flexibility index (Phi) is 10.0. The van der Waals surface area contributed by atoms with Crippen molar-refractivity contribution in [1.29, 1.82) is 0 Å². The van der Waals surface area contributed by atoms with Gasteiger partial charge in [-0.15, -0.1) is 24.0 Å². The fourth-order valence-electron chi connectivity index (χ4n) is 2.62. The molecule has 1 heterocycles. The molecule has 0 aromatic heterocycles. The Hall–Kier alpha value is -0.340. The maximum Gasteiger partial charge on any atom is 0.191 e. The summed E-state index contributed by atoms with van der Waals surface area (Å²) in [6.07, 6.45) is 9.09. The number of rotatable bonds is 6. The average molecular weight is 408 g/mol. The molecule has 0 amide bonds. The molecule has 0 saturated carbocycles. The molecule has 0 unspecified atom stereocenters. The van der Waals surface area contributed by atoms with E-state index in [1.54, 1.807) is 0 Å². The summed E-state index contributed by atoms with van der Waals surface area (Å²) in [5.41, 5.74) is 0. The van der Waals surface area contributed by atoms with Crippen molar-refractivity contribution >= 4 is 29.9 Å². The van der Waals surface area contributed by atoms with Crippen LogP contribution in [0, 0.1) is 0 Å². The number of hydrogen-bond acceptors (Lipinski definition) is 3. The Bertz CT molecular complexity index is 322. The van der Waals surface area contributed by atoms with Crippen LogP contribution in [0.1, 0.15) is 25.7 Å². The molecule has 0 spiro atoms. The molecule has 2 rings (SSSR count). The van der Waals surface area contributed by atoms with Gasteiger partial charge < -0.3 is 15.4 Å². The quantitative estimate of drug-likeness (QED) is 0.231. The Labute approximate surface area is 145 Å². The molecule has 1 saturated heterocycles. The topological polar surface area (TPSA) is 48.9 Å². The summed E-state index contributed by atoms with van der Waals surface area (Å²) >= 11 is 0. The van der Waals surface area contributed by atoms with Gasteiger partial charge in [-0.2, -0.15) is 0 Å². The van der Waals surface area contributed by atoms with Gasteiger partial charge in [0.1, 0.15) is 0 Å². The number of aliphatic imine (C=N–C) groups is 1. The summed E-state index contributed by atoms with van der Waals surface area (Å²) in [6, 6.07) is 0.523. The summed E-state index contributed by atoms with van der Waals surface area (Å²) in [5.74, 6) is 0.935. The van der Waals surface area contributed by atoms with Crippen LogP contribution in [0.2, 0.25) is 0 Å². The van der Waals surface area contributed by atoms with Crippen molar-refractivity contribution in [1.82, 2.24) is 15.5 Å². The number of guanidine groups is 1. The van der Waals surface area contributed by atoms with E-state index < -0.39 is 0 Å². The Morgan fingerprint density at radius 3 is 2.62 bits per heavy atom. The first-order valence-corrected chi connectivity index (χ1v) is 7.81. The molecular weight excluding hydrogens is 379 g/mol. The number of morpholine rings is 1. The first-order chi connectivity index (χ1) is 9.88. The van der Waals surface area contributed by atoms with E-state index in [0.717, 1.165) is 51.6 Å². The van der Waals surface area contributed by atoms with Gasteiger partial charge in [-0.05, 0) is 32.2 Å². The highest BCUT2D eigenvalue weighted by Gasteiger charge is 2.11. The molecule has 122 valence electrons. The average Bonchev–Trinajstić information content (AvgIpc) is 3.00. The molecule has 1 aliphatic heterocycles. The van der Waals surface area contributed by atoms with Crippen LogP contribution in [0.25, 0.3) is 0 Å². The second-order valence-electron chi connectivity index (χ2n) is 5.44. The van der Waals surface area contributed by atoms with Gasteiger partial charge >= 0.3 is 0 Å². The van der Waals surface area contributed by atoms with Crippen molar-refractivity contribution in [3.8, 4) is 0 Å². The van der Waals surface area contributed by atoms with Gasteiger partial charge in [-0.1, -0.05) is 12.2 Å². The Balaban J connectivity index is 0.00000220. The van der Waals surface area contributed by atoms with Gasteiger partial charge in [0.2, 0.25) is 0 Å². The fourth-order valence-corrected chi connectivity index (χ4v) is 2.62. The highest BCUT2D eigenvalue weighted by Crippen LogP contribution is 2.08. The zero-order valence-corrected chi connectivity index (χ0v) is 15.3. The summed E-state index contributed by atoms with van der Waals surface area (Å²) < 4.78 is 5.35. The SMILES string of the molecule is CN=C(NCCCCN1CCOCC1)NC1CC=CC1.I. The molecule has 2 aliphatic rings. The zero-order valence-electron chi connectivity index (χ0n) is 13.0. The molecule has 0 radical (unpaired) electrons. The van der Waals surface area contributed by atoms with E-state index in [-0.39, 0.29) is 24.0 Å². The molecule has 0 aromatic carbocycles. The lowest BCUT2D eigenvalue weighted by Gasteiger charge is -2.26. The van der Waals surface area contributed by atoms with Gasteiger partial charge in [0, 0.05) is 32.7 Å².